The zero-order chi connectivity index (χ0) is 13.4. The Hall–Kier alpha value is -1.10. The fourth-order valence-corrected chi connectivity index (χ4v) is 3.34. The standard InChI is InChI=1S/C13H20N2O2S/c1-13(2)7-6-10(9-13)15-12-11(18(3,16)17)5-4-8-14-12/h4-5,8,10H,6-7,9H2,1-3H3,(H,14,15). The van der Waals surface area contributed by atoms with E-state index in [1.54, 1.807) is 18.3 Å². The second-order valence-electron chi connectivity index (χ2n) is 5.87. The van der Waals surface area contributed by atoms with Crippen LogP contribution < -0.4 is 5.32 Å². The summed E-state index contributed by atoms with van der Waals surface area (Å²) >= 11 is 0. The zero-order valence-electron chi connectivity index (χ0n) is 11.1. The summed E-state index contributed by atoms with van der Waals surface area (Å²) in [6, 6.07) is 3.57. The summed E-state index contributed by atoms with van der Waals surface area (Å²) in [4.78, 5) is 4.45. The van der Waals surface area contributed by atoms with Crippen LogP contribution in [0.25, 0.3) is 0 Å². The van der Waals surface area contributed by atoms with Crippen LogP contribution in [0.5, 0.6) is 0 Å². The number of rotatable bonds is 3. The van der Waals surface area contributed by atoms with Gasteiger partial charge in [0.1, 0.15) is 10.7 Å². The lowest BCUT2D eigenvalue weighted by molar-refractivity contribution is 0.378. The molecular formula is C13H20N2O2S. The molecule has 0 aromatic carbocycles. The smallest absolute Gasteiger partial charge is 0.179 e. The number of aromatic nitrogens is 1. The largest absolute Gasteiger partial charge is 0.366 e. The summed E-state index contributed by atoms with van der Waals surface area (Å²) in [5.74, 6) is 0.489. The quantitative estimate of drug-likeness (QED) is 0.915. The first-order valence-electron chi connectivity index (χ1n) is 6.20. The van der Waals surface area contributed by atoms with Crippen molar-refractivity contribution in [2.45, 2.75) is 44.0 Å². The third-order valence-electron chi connectivity index (χ3n) is 3.48. The number of nitrogens with one attached hydrogen (secondary N) is 1. The Morgan fingerprint density at radius 1 is 1.44 bits per heavy atom. The maximum absolute atomic E-state index is 11.7. The minimum atomic E-state index is -3.23. The van der Waals surface area contributed by atoms with Crippen molar-refractivity contribution >= 4 is 15.7 Å². The number of hydrogen-bond donors (Lipinski definition) is 1. The van der Waals surface area contributed by atoms with Crippen molar-refractivity contribution in [1.29, 1.82) is 0 Å². The van der Waals surface area contributed by atoms with Crippen LogP contribution in [0.1, 0.15) is 33.1 Å². The van der Waals surface area contributed by atoms with Crippen LogP contribution in [0.4, 0.5) is 5.82 Å². The maximum Gasteiger partial charge on any atom is 0.179 e. The average Bonchev–Trinajstić information content (AvgIpc) is 2.57. The van der Waals surface area contributed by atoms with Gasteiger partial charge in [0.2, 0.25) is 0 Å². The van der Waals surface area contributed by atoms with Crippen LogP contribution in [0.2, 0.25) is 0 Å². The fourth-order valence-electron chi connectivity index (χ4n) is 2.55. The zero-order valence-corrected chi connectivity index (χ0v) is 11.9. The molecule has 1 aromatic rings. The van der Waals surface area contributed by atoms with Crippen molar-refractivity contribution in [3.63, 3.8) is 0 Å². The van der Waals surface area contributed by atoms with Gasteiger partial charge in [-0.2, -0.15) is 0 Å². The normalized spacial score (nSPS) is 22.9. The van der Waals surface area contributed by atoms with E-state index in [2.05, 4.69) is 24.1 Å². The molecule has 0 saturated heterocycles. The second kappa shape index (κ2) is 4.53. The SMILES string of the molecule is CC1(C)CCC(Nc2ncccc2S(C)(=O)=O)C1. The van der Waals surface area contributed by atoms with Crippen molar-refractivity contribution in [1.82, 2.24) is 4.98 Å². The van der Waals surface area contributed by atoms with Crippen LogP contribution >= 0.6 is 0 Å². The van der Waals surface area contributed by atoms with Crippen molar-refractivity contribution in [3.8, 4) is 0 Å². The molecule has 1 unspecified atom stereocenters. The molecule has 1 saturated carbocycles. The van der Waals surface area contributed by atoms with E-state index in [4.69, 9.17) is 0 Å². The molecule has 1 aromatic heterocycles. The molecule has 0 bridgehead atoms. The Balaban J connectivity index is 2.21. The van der Waals surface area contributed by atoms with E-state index >= 15 is 0 Å². The molecule has 5 heteroatoms. The molecular weight excluding hydrogens is 248 g/mol. The minimum absolute atomic E-state index is 0.287. The van der Waals surface area contributed by atoms with Crippen molar-refractivity contribution in [3.05, 3.63) is 18.3 Å². The molecule has 1 aliphatic carbocycles. The predicted octanol–water partition coefficient (Wildman–Crippen LogP) is 2.48. The number of anilines is 1. The van der Waals surface area contributed by atoms with Gasteiger partial charge in [0.25, 0.3) is 0 Å². The van der Waals surface area contributed by atoms with Gasteiger partial charge in [-0.15, -0.1) is 0 Å². The average molecular weight is 268 g/mol. The first-order chi connectivity index (χ1) is 8.28. The molecule has 2 rings (SSSR count). The molecule has 1 aliphatic rings. The summed E-state index contributed by atoms with van der Waals surface area (Å²) in [6.07, 6.45) is 6.11. The Morgan fingerprint density at radius 2 is 2.17 bits per heavy atom. The predicted molar refractivity (Wildman–Crippen MR) is 72.4 cm³/mol. The number of nitrogens with zero attached hydrogens (tertiary/aromatic N) is 1. The van der Waals surface area contributed by atoms with Gasteiger partial charge >= 0.3 is 0 Å². The van der Waals surface area contributed by atoms with E-state index in [1.165, 1.54) is 6.26 Å². The third kappa shape index (κ3) is 3.02. The van der Waals surface area contributed by atoms with Gasteiger partial charge in [0.15, 0.2) is 9.84 Å². The van der Waals surface area contributed by atoms with E-state index in [-0.39, 0.29) is 4.90 Å². The molecule has 100 valence electrons. The lowest BCUT2D eigenvalue weighted by Crippen LogP contribution is -2.20. The second-order valence-corrected chi connectivity index (χ2v) is 7.85. The van der Waals surface area contributed by atoms with E-state index in [9.17, 15) is 8.42 Å². The summed E-state index contributed by atoms with van der Waals surface area (Å²) in [5, 5.41) is 3.28. The van der Waals surface area contributed by atoms with Crippen LogP contribution in [0.3, 0.4) is 0 Å². The molecule has 18 heavy (non-hydrogen) atoms. The van der Waals surface area contributed by atoms with E-state index in [0.29, 0.717) is 17.3 Å². The Morgan fingerprint density at radius 3 is 2.72 bits per heavy atom. The molecule has 4 nitrogen and oxygen atoms in total. The summed E-state index contributed by atoms with van der Waals surface area (Å²) < 4.78 is 23.3. The monoisotopic (exact) mass is 268 g/mol. The van der Waals surface area contributed by atoms with Gasteiger partial charge in [-0.1, -0.05) is 13.8 Å². The Kier molecular flexibility index (Phi) is 3.36. The highest BCUT2D eigenvalue weighted by molar-refractivity contribution is 7.90. The van der Waals surface area contributed by atoms with Gasteiger partial charge in [-0.05, 0) is 36.8 Å². The van der Waals surface area contributed by atoms with Gasteiger partial charge < -0.3 is 5.32 Å². The molecule has 0 amide bonds. The molecule has 0 radical (unpaired) electrons. The number of hydrogen-bond acceptors (Lipinski definition) is 4. The first-order valence-corrected chi connectivity index (χ1v) is 8.09. The Bertz CT molecular complexity index is 538. The summed E-state index contributed by atoms with van der Waals surface area (Å²) in [5.41, 5.74) is 0.331. The van der Waals surface area contributed by atoms with Crippen LogP contribution in [0, 0.1) is 5.41 Å². The van der Waals surface area contributed by atoms with Crippen LogP contribution in [-0.4, -0.2) is 25.7 Å². The topological polar surface area (TPSA) is 59.1 Å². The highest BCUT2D eigenvalue weighted by atomic mass is 32.2. The van der Waals surface area contributed by atoms with Crippen LogP contribution in [0.15, 0.2) is 23.2 Å². The van der Waals surface area contributed by atoms with Gasteiger partial charge in [-0.25, -0.2) is 13.4 Å². The number of pyridine rings is 1. The maximum atomic E-state index is 11.7. The van der Waals surface area contributed by atoms with Crippen LogP contribution in [-0.2, 0) is 9.84 Å². The molecule has 1 N–H and O–H groups in total. The lowest BCUT2D eigenvalue weighted by Gasteiger charge is -2.19. The highest BCUT2D eigenvalue weighted by Crippen LogP contribution is 2.38. The minimum Gasteiger partial charge on any atom is -0.366 e. The summed E-state index contributed by atoms with van der Waals surface area (Å²) in [6.45, 7) is 4.48. The van der Waals surface area contributed by atoms with Gasteiger partial charge in [0, 0.05) is 18.5 Å². The molecule has 0 spiro atoms. The Labute approximate surface area is 109 Å². The van der Waals surface area contributed by atoms with Gasteiger partial charge in [0.05, 0.1) is 0 Å². The molecule has 1 heterocycles. The number of sulfone groups is 1. The summed E-state index contributed by atoms with van der Waals surface area (Å²) in [7, 11) is -3.23. The fraction of sp³-hybridized carbons (Fsp3) is 0.615. The van der Waals surface area contributed by atoms with E-state index in [0.717, 1.165) is 19.3 Å². The van der Waals surface area contributed by atoms with Crippen molar-refractivity contribution in [2.24, 2.45) is 5.41 Å². The van der Waals surface area contributed by atoms with Crippen molar-refractivity contribution in [2.75, 3.05) is 11.6 Å². The van der Waals surface area contributed by atoms with Gasteiger partial charge in [-0.3, -0.25) is 0 Å². The van der Waals surface area contributed by atoms with E-state index < -0.39 is 9.84 Å². The molecule has 0 aliphatic heterocycles. The third-order valence-corrected chi connectivity index (χ3v) is 4.61. The highest BCUT2D eigenvalue weighted by Gasteiger charge is 2.31. The molecule has 1 atom stereocenters. The van der Waals surface area contributed by atoms with Crippen molar-refractivity contribution < 1.29 is 8.42 Å². The lowest BCUT2D eigenvalue weighted by atomic mass is 9.92. The molecule has 1 fully saturated rings. The first kappa shape index (κ1) is 13.3. The van der Waals surface area contributed by atoms with E-state index in [1.807, 2.05) is 0 Å².